The van der Waals surface area contributed by atoms with Crippen LogP contribution in [0.1, 0.15) is 10.5 Å². The Labute approximate surface area is 147 Å². The second-order valence-corrected chi connectivity index (χ2v) is 5.25. The number of amides is 1. The van der Waals surface area contributed by atoms with E-state index < -0.39 is 10.8 Å². The summed E-state index contributed by atoms with van der Waals surface area (Å²) in [6, 6.07) is 9.21. The molecule has 3 aromatic rings. The number of nitrogens with zero attached hydrogens (tertiary/aromatic N) is 6. The van der Waals surface area contributed by atoms with Crippen molar-refractivity contribution in [3.8, 4) is 11.6 Å². The average Bonchev–Trinajstić information content (AvgIpc) is 3.17. The van der Waals surface area contributed by atoms with Gasteiger partial charge in [-0.25, -0.2) is 9.67 Å². The van der Waals surface area contributed by atoms with Gasteiger partial charge in [0.1, 0.15) is 0 Å². The minimum absolute atomic E-state index is 0.0766. The van der Waals surface area contributed by atoms with Gasteiger partial charge < -0.3 is 9.64 Å². The number of hydrogen-bond acceptors (Lipinski definition) is 7. The number of carbonyl (C=O) groups is 1. The van der Waals surface area contributed by atoms with E-state index in [1.807, 2.05) is 0 Å². The molecule has 2 aromatic heterocycles. The molecule has 0 saturated carbocycles. The van der Waals surface area contributed by atoms with Crippen LogP contribution in [0.4, 0.5) is 11.4 Å². The van der Waals surface area contributed by atoms with Gasteiger partial charge in [0.2, 0.25) is 5.88 Å². The lowest BCUT2D eigenvalue weighted by Crippen LogP contribution is -2.26. The Morgan fingerprint density at radius 2 is 2.12 bits per heavy atom. The second-order valence-electron chi connectivity index (χ2n) is 5.25. The molecule has 3 rings (SSSR count). The summed E-state index contributed by atoms with van der Waals surface area (Å²) in [5.74, 6) is 0.0415. The molecule has 0 aliphatic heterocycles. The third kappa shape index (κ3) is 3.34. The van der Waals surface area contributed by atoms with Crippen LogP contribution in [0.2, 0.25) is 0 Å². The number of non-ortho nitro benzene ring substituents is 1. The van der Waals surface area contributed by atoms with E-state index in [1.54, 1.807) is 25.2 Å². The number of benzene rings is 1. The number of anilines is 1. The van der Waals surface area contributed by atoms with Gasteiger partial charge in [-0.05, 0) is 12.1 Å². The third-order valence-electron chi connectivity index (χ3n) is 3.64. The van der Waals surface area contributed by atoms with Crippen molar-refractivity contribution in [2.75, 3.05) is 19.1 Å². The zero-order valence-corrected chi connectivity index (χ0v) is 13.9. The first kappa shape index (κ1) is 17.0. The first-order chi connectivity index (χ1) is 12.5. The molecule has 0 radical (unpaired) electrons. The number of hydrogen-bond donors (Lipinski definition) is 0. The van der Waals surface area contributed by atoms with Crippen LogP contribution < -0.4 is 9.64 Å². The molecule has 1 aromatic carbocycles. The highest BCUT2D eigenvalue weighted by Crippen LogP contribution is 2.18. The van der Waals surface area contributed by atoms with Crippen LogP contribution in [0, 0.1) is 10.1 Å². The summed E-state index contributed by atoms with van der Waals surface area (Å²) in [6.07, 6.45) is 2.91. The Morgan fingerprint density at radius 3 is 2.77 bits per heavy atom. The van der Waals surface area contributed by atoms with Crippen molar-refractivity contribution >= 4 is 17.3 Å². The molecular formula is C16H14N6O4. The fraction of sp³-hybridized carbons (Fsp3) is 0.125. The monoisotopic (exact) mass is 354 g/mol. The molecule has 0 aliphatic carbocycles. The van der Waals surface area contributed by atoms with Gasteiger partial charge in [0.25, 0.3) is 11.6 Å². The quantitative estimate of drug-likeness (QED) is 0.507. The van der Waals surface area contributed by atoms with Crippen LogP contribution in [0.3, 0.4) is 0 Å². The zero-order valence-electron chi connectivity index (χ0n) is 13.9. The lowest BCUT2D eigenvalue weighted by Gasteiger charge is -2.15. The van der Waals surface area contributed by atoms with Crippen molar-refractivity contribution < 1.29 is 14.5 Å². The molecular weight excluding hydrogens is 340 g/mol. The van der Waals surface area contributed by atoms with Gasteiger partial charge in [0.15, 0.2) is 5.69 Å². The van der Waals surface area contributed by atoms with Gasteiger partial charge in [-0.3, -0.25) is 14.9 Å². The predicted molar refractivity (Wildman–Crippen MR) is 91.5 cm³/mol. The Hall–Kier alpha value is -3.82. The molecule has 0 aliphatic rings. The predicted octanol–water partition coefficient (Wildman–Crippen LogP) is 1.86. The molecule has 0 N–H and O–H groups in total. The van der Waals surface area contributed by atoms with E-state index in [4.69, 9.17) is 4.74 Å². The summed E-state index contributed by atoms with van der Waals surface area (Å²) >= 11 is 0. The molecule has 132 valence electrons. The number of rotatable bonds is 5. The lowest BCUT2D eigenvalue weighted by atomic mass is 10.3. The smallest absolute Gasteiger partial charge is 0.280 e. The number of ether oxygens (including phenoxy) is 1. The topological polar surface area (TPSA) is 116 Å². The van der Waals surface area contributed by atoms with E-state index in [0.717, 1.165) is 0 Å². The Morgan fingerprint density at radius 1 is 1.31 bits per heavy atom. The van der Waals surface area contributed by atoms with Crippen LogP contribution in [0.25, 0.3) is 5.69 Å². The number of pyridine rings is 1. The van der Waals surface area contributed by atoms with Gasteiger partial charge >= 0.3 is 0 Å². The van der Waals surface area contributed by atoms with Gasteiger partial charge in [0.05, 0.1) is 35.8 Å². The first-order valence-electron chi connectivity index (χ1n) is 7.45. The minimum Gasteiger partial charge on any atom is -0.481 e. The largest absolute Gasteiger partial charge is 0.481 e. The Kier molecular flexibility index (Phi) is 4.56. The summed E-state index contributed by atoms with van der Waals surface area (Å²) in [5, 5.41) is 18.6. The van der Waals surface area contributed by atoms with Crippen LogP contribution >= 0.6 is 0 Å². The molecule has 10 nitrogen and oxygen atoms in total. The maximum Gasteiger partial charge on any atom is 0.280 e. The fourth-order valence-electron chi connectivity index (χ4n) is 2.22. The summed E-state index contributed by atoms with van der Waals surface area (Å²) in [7, 11) is 3.08. The van der Waals surface area contributed by atoms with Crippen LogP contribution in [0.5, 0.6) is 5.88 Å². The molecule has 0 atom stereocenters. The lowest BCUT2D eigenvalue weighted by molar-refractivity contribution is -0.384. The van der Waals surface area contributed by atoms with Crippen molar-refractivity contribution in [2.45, 2.75) is 0 Å². The number of nitro benzene ring substituents is 1. The number of carbonyl (C=O) groups excluding carboxylic acids is 1. The molecule has 0 spiro atoms. The summed E-state index contributed by atoms with van der Waals surface area (Å²) in [5.41, 5.74) is 1.00. The molecule has 0 saturated heterocycles. The van der Waals surface area contributed by atoms with E-state index in [1.165, 1.54) is 47.3 Å². The average molecular weight is 354 g/mol. The number of nitro groups is 1. The van der Waals surface area contributed by atoms with Crippen LogP contribution in [-0.2, 0) is 0 Å². The van der Waals surface area contributed by atoms with Crippen LogP contribution in [0.15, 0.2) is 48.8 Å². The summed E-state index contributed by atoms with van der Waals surface area (Å²) in [6.45, 7) is 0. The van der Waals surface area contributed by atoms with Gasteiger partial charge in [-0.15, -0.1) is 5.10 Å². The van der Waals surface area contributed by atoms with Crippen molar-refractivity contribution in [1.82, 2.24) is 20.0 Å². The molecule has 26 heavy (non-hydrogen) atoms. The minimum atomic E-state index is -0.503. The third-order valence-corrected chi connectivity index (χ3v) is 3.64. The number of methoxy groups -OCH3 is 1. The molecule has 10 heteroatoms. The van der Waals surface area contributed by atoms with E-state index >= 15 is 0 Å². The first-order valence-corrected chi connectivity index (χ1v) is 7.45. The van der Waals surface area contributed by atoms with Gasteiger partial charge in [-0.2, -0.15) is 0 Å². The van der Waals surface area contributed by atoms with Crippen molar-refractivity contribution in [1.29, 1.82) is 0 Å². The van der Waals surface area contributed by atoms with Gasteiger partial charge in [0, 0.05) is 25.2 Å². The molecule has 2 heterocycles. The van der Waals surface area contributed by atoms with Crippen LogP contribution in [-0.4, -0.2) is 45.0 Å². The summed E-state index contributed by atoms with van der Waals surface area (Å²) < 4.78 is 6.29. The zero-order chi connectivity index (χ0) is 18.7. The molecule has 0 fully saturated rings. The highest BCUT2D eigenvalue weighted by molar-refractivity contribution is 6.04. The van der Waals surface area contributed by atoms with E-state index in [9.17, 15) is 14.9 Å². The number of aromatic nitrogens is 4. The maximum absolute atomic E-state index is 12.6. The highest BCUT2D eigenvalue weighted by Gasteiger charge is 2.18. The molecule has 1 amide bonds. The van der Waals surface area contributed by atoms with E-state index in [0.29, 0.717) is 17.3 Å². The summed E-state index contributed by atoms with van der Waals surface area (Å²) in [4.78, 5) is 28.4. The van der Waals surface area contributed by atoms with Gasteiger partial charge in [-0.1, -0.05) is 11.3 Å². The van der Waals surface area contributed by atoms with Crippen molar-refractivity contribution in [3.05, 3.63) is 64.6 Å². The fourth-order valence-corrected chi connectivity index (χ4v) is 2.22. The Bertz CT molecular complexity index is 953. The normalized spacial score (nSPS) is 10.4. The highest BCUT2D eigenvalue weighted by atomic mass is 16.6. The van der Waals surface area contributed by atoms with Crippen molar-refractivity contribution in [3.63, 3.8) is 0 Å². The van der Waals surface area contributed by atoms with E-state index in [2.05, 4.69) is 15.3 Å². The second kappa shape index (κ2) is 6.97. The maximum atomic E-state index is 12.6. The van der Waals surface area contributed by atoms with Crippen molar-refractivity contribution in [2.24, 2.45) is 0 Å². The Balaban J connectivity index is 1.83. The molecule has 0 bridgehead atoms. The SMILES string of the molecule is COc1ccc(N(C)C(=O)c2cn(-c3cccc([N+](=O)[O-])c3)nn2)cn1. The van der Waals surface area contributed by atoms with E-state index in [-0.39, 0.29) is 11.4 Å². The standard InChI is InChI=1S/C16H14N6O4/c1-20(13-6-7-15(26-2)17-9-13)16(23)14-10-21(19-18-14)11-4-3-5-12(8-11)22(24)25/h3-10H,1-2H3. The molecule has 0 unspecified atom stereocenters.